The minimum absolute atomic E-state index is 0.00911. The van der Waals surface area contributed by atoms with E-state index in [0.29, 0.717) is 75.9 Å². The maximum absolute atomic E-state index is 15.5. The van der Waals surface area contributed by atoms with Crippen LogP contribution in [-0.2, 0) is 81.6 Å². The molecule has 0 radical (unpaired) electrons. The van der Waals surface area contributed by atoms with Gasteiger partial charge in [-0.2, -0.15) is 0 Å². The lowest BCUT2D eigenvalue weighted by atomic mass is 9.96. The van der Waals surface area contributed by atoms with Gasteiger partial charge in [0.05, 0.1) is 12.2 Å². The second kappa shape index (κ2) is 44.1. The third-order valence-electron chi connectivity index (χ3n) is 19.9. The average molecular weight is 1690 g/mol. The van der Waals surface area contributed by atoms with E-state index in [9.17, 15) is 43.5 Å². The third kappa shape index (κ3) is 27.1. The molecule has 1 saturated carbocycles. The van der Waals surface area contributed by atoms with Crippen LogP contribution in [0.5, 0.6) is 0 Å². The Morgan fingerprint density at radius 2 is 0.924 bits per heavy atom. The number of nitrogens with two attached hydrogens (primary N) is 4. The number of guanidine groups is 3. The van der Waals surface area contributed by atoms with Crippen molar-refractivity contribution in [1.82, 2.24) is 89.7 Å². The third-order valence-corrected chi connectivity index (χ3v) is 23.5. The van der Waals surface area contributed by atoms with Crippen molar-refractivity contribution in [2.24, 2.45) is 28.9 Å². The number of aromatic nitrogens is 2. The van der Waals surface area contributed by atoms with E-state index in [2.05, 4.69) is 89.7 Å². The van der Waals surface area contributed by atoms with Crippen LogP contribution < -0.4 is 103 Å². The summed E-state index contributed by atoms with van der Waals surface area (Å²) in [6.45, 7) is -0.129. The molecule has 2 aliphatic heterocycles. The Morgan fingerprint density at radius 3 is 1.48 bits per heavy atom. The molecule has 632 valence electrons. The van der Waals surface area contributed by atoms with E-state index in [0.717, 1.165) is 32.4 Å². The van der Waals surface area contributed by atoms with E-state index < -0.39 is 190 Å². The minimum atomic E-state index is -2.03. The summed E-state index contributed by atoms with van der Waals surface area (Å²) in [5.74, 6) is -17.2. The number of H-pyrrole nitrogens is 2. The van der Waals surface area contributed by atoms with Crippen molar-refractivity contribution in [1.29, 1.82) is 16.2 Å². The van der Waals surface area contributed by atoms with Gasteiger partial charge in [0.2, 0.25) is 59.1 Å². The first kappa shape index (κ1) is 89.6. The van der Waals surface area contributed by atoms with Gasteiger partial charge in [0, 0.05) is 84.6 Å². The monoisotopic (exact) mass is 1680 g/mol. The number of fused-ring (bicyclic) bond motifs is 9. The molecule has 4 aromatic carbocycles. The smallest absolute Gasteiger partial charge is 0.322 e. The van der Waals surface area contributed by atoms with Gasteiger partial charge in [-0.05, 0) is 103 Å². The number of carboxylic acid groups (broad SMARTS) is 1. The summed E-state index contributed by atoms with van der Waals surface area (Å²) in [7, 11) is 1.90. The fourth-order valence-corrected chi connectivity index (χ4v) is 16.9. The molecule has 0 unspecified atom stereocenters. The molecular weight excluding hydrogens is 1590 g/mol. The molecule has 0 spiro atoms. The van der Waals surface area contributed by atoms with E-state index >= 15 is 28.8 Å². The molecule has 11 atom stereocenters. The molecule has 2 bridgehead atoms. The minimum Gasteiger partial charge on any atom is -0.481 e. The van der Waals surface area contributed by atoms with Gasteiger partial charge >= 0.3 is 12.0 Å². The first-order valence-corrected chi connectivity index (χ1v) is 41.9. The molecule has 4 heterocycles. The van der Waals surface area contributed by atoms with Crippen LogP contribution >= 0.6 is 33.3 Å². The number of aromatic amines is 2. The van der Waals surface area contributed by atoms with Crippen LogP contribution in [0.2, 0.25) is 0 Å². The molecular formula is C76H100N24O15S3. The number of urea groups is 1. The Morgan fingerprint density at radius 1 is 0.458 bits per heavy atom. The van der Waals surface area contributed by atoms with Crippen LogP contribution in [0.1, 0.15) is 93.7 Å². The van der Waals surface area contributed by atoms with Gasteiger partial charge in [-0.25, -0.2) is 4.79 Å². The van der Waals surface area contributed by atoms with Crippen molar-refractivity contribution in [3.63, 3.8) is 0 Å². The quantitative estimate of drug-likeness (QED) is 0.0156. The van der Waals surface area contributed by atoms with Gasteiger partial charge in [-0.15, -0.1) is 11.8 Å². The predicted octanol–water partition coefficient (Wildman–Crippen LogP) is -1.70. The molecule has 39 nitrogen and oxygen atoms in total. The number of thioether (sulfide) groups is 1. The standard InChI is InChI=1S/C76H100N24O15S3/c77-61(104)72-99-71(114)60(41-13-2-3-14-41)98-69(112)55(33-44-36-88-48-19-8-6-17-46(44)48)93-62(105)49(20-9-26-84-73(78)79)90-65(108)52-25-29-117-118-37-57(96-63(106)50(21-10-27-85-74(80)81)91-66(109)53(89-58(101)38-116-72)31-39-23-24-40-12-1-4-15-42(40)30-39)70(113)100-76(115)97-51(22-11-28-86-75(82)83)64(107)95-56(34-59(102)103)68(111)94-54(67(110)92-52)32-43-35-87-47-18-7-5-16-45(43)47/h1,4-8,12,15-19,23-24,30,35-36,41,49-57,60,72,87-88H,2-3,9-11,13-14,20-22,25-29,31-34,37-38H2,(H2,77,104)(H,89,101)(H,90,108)(H,91,109)(H,92,110)(H,93,105)(H,94,111)(H,95,107)(H,96,106)(H,98,112)(H,99,114)(H,102,103)(H4,78,79,84)(H4,80,81,85)(H4,82,83,86)(H2,97,100,113,115)/t49-,50-,51-,52-,53-,54-,55-,56-,57-,60-,72-/m0/s1. The van der Waals surface area contributed by atoms with Gasteiger partial charge in [-0.3, -0.25) is 83.9 Å². The number of primary amides is 1. The Kier molecular flexibility index (Phi) is 33.5. The Bertz CT molecular complexity index is 4690. The van der Waals surface area contributed by atoms with E-state index in [1.807, 2.05) is 18.2 Å². The van der Waals surface area contributed by atoms with E-state index in [1.54, 1.807) is 85.2 Å². The summed E-state index contributed by atoms with van der Waals surface area (Å²) in [5.41, 5.74) is 25.5. The summed E-state index contributed by atoms with van der Waals surface area (Å²) in [6, 6.07) is 8.64. The molecule has 42 heteroatoms. The summed E-state index contributed by atoms with van der Waals surface area (Å²) < 4.78 is 0. The lowest BCUT2D eigenvalue weighted by Gasteiger charge is -2.29. The largest absolute Gasteiger partial charge is 0.481 e. The van der Waals surface area contributed by atoms with Crippen LogP contribution in [0.3, 0.4) is 0 Å². The number of para-hydroxylation sites is 2. The second-order valence-corrected chi connectivity index (χ2v) is 32.4. The highest BCUT2D eigenvalue weighted by molar-refractivity contribution is 8.76. The van der Waals surface area contributed by atoms with Gasteiger partial charge in [0.25, 0.3) is 11.8 Å². The second-order valence-electron chi connectivity index (χ2n) is 28.7. The summed E-state index contributed by atoms with van der Waals surface area (Å²) >= 11 is 0.582. The molecule has 14 amide bonds. The number of aliphatic carboxylic acids is 1. The SMILES string of the molecule is N=C(N)NCCC[C@@H]1NC(=O)NC(=O)[C@@H]2CSSCC[C@H](NC(=O)[C@H](Cc3c[nH]c4ccccc34)NC(=O)[C@H](CC(=O)O)NC1=O)C(=O)N[C@@H](CCCNC(=N)N)C(=O)N[C@@H](Cc1c[nH]c3ccccc13)C(=O)N[C@@H](C1CCCC1)C(=O)N[C@H](C(N)=O)SCC(=O)N[C@@H](Cc1ccc3ccccc3c1)C(=O)N[C@@H](CCCNC(=N)N)C(=O)N2. The van der Waals surface area contributed by atoms with Gasteiger partial charge in [0.15, 0.2) is 23.3 Å². The fraction of sp³-hybridized carbons (Fsp3) is 0.434. The van der Waals surface area contributed by atoms with Gasteiger partial charge in [-0.1, -0.05) is 113 Å². The Labute approximate surface area is 689 Å². The van der Waals surface area contributed by atoms with Gasteiger partial charge in [0.1, 0.15) is 60.4 Å². The predicted molar refractivity (Wildman–Crippen MR) is 444 cm³/mol. The van der Waals surface area contributed by atoms with E-state index in [4.69, 9.17) is 39.2 Å². The summed E-state index contributed by atoms with van der Waals surface area (Å²) in [4.78, 5) is 212. The van der Waals surface area contributed by atoms with Crippen LogP contribution in [0, 0.1) is 22.1 Å². The molecule has 3 fully saturated rings. The fourth-order valence-electron chi connectivity index (χ4n) is 13.9. The highest BCUT2D eigenvalue weighted by Crippen LogP contribution is 2.30. The summed E-state index contributed by atoms with van der Waals surface area (Å²) in [6.07, 6.45) is 2.17. The number of rotatable bonds is 22. The lowest BCUT2D eigenvalue weighted by Crippen LogP contribution is -2.61. The highest BCUT2D eigenvalue weighted by atomic mass is 33.1. The zero-order valence-corrected chi connectivity index (χ0v) is 66.7. The number of carboxylic acids is 1. The maximum Gasteiger partial charge on any atom is 0.322 e. The number of carbonyl (C=O) groups excluding carboxylic acids is 13. The topological polar surface area (TPSA) is 647 Å². The van der Waals surface area contributed by atoms with Crippen molar-refractivity contribution in [3.05, 3.63) is 120 Å². The van der Waals surface area contributed by atoms with Crippen LogP contribution in [0.4, 0.5) is 4.79 Å². The first-order valence-electron chi connectivity index (χ1n) is 38.4. The first-order chi connectivity index (χ1) is 56.5. The Hall–Kier alpha value is -12.3. The maximum atomic E-state index is 15.5. The molecule has 29 N–H and O–H groups in total. The molecule has 6 aromatic rings. The van der Waals surface area contributed by atoms with Crippen molar-refractivity contribution < 1.29 is 72.2 Å². The van der Waals surface area contributed by atoms with Crippen LogP contribution in [0.15, 0.2) is 103 Å². The van der Waals surface area contributed by atoms with E-state index in [1.165, 1.54) is 0 Å². The lowest BCUT2D eigenvalue weighted by molar-refractivity contribution is -0.141. The molecule has 118 heavy (non-hydrogen) atoms. The molecule has 2 aromatic heterocycles. The number of imide groups is 1. The zero-order chi connectivity index (χ0) is 85.0. The number of amides is 14. The normalized spacial score (nSPS) is 23.4. The zero-order valence-electron chi connectivity index (χ0n) is 64.3. The van der Waals surface area contributed by atoms with Crippen molar-refractivity contribution >= 4 is 167 Å². The number of hydrogen-bond donors (Lipinski definition) is 25. The highest BCUT2D eigenvalue weighted by Gasteiger charge is 2.40. The number of nitrogens with one attached hydrogen (secondary N) is 20. The van der Waals surface area contributed by atoms with Crippen LogP contribution in [-0.4, -0.2) is 219 Å². The van der Waals surface area contributed by atoms with Crippen molar-refractivity contribution in [2.45, 2.75) is 162 Å². The average Bonchev–Trinajstić information content (AvgIpc) is 1.64. The Balaban J connectivity index is 1.16. The van der Waals surface area contributed by atoms with Crippen LogP contribution in [0.25, 0.3) is 32.6 Å². The molecule has 9 rings (SSSR count). The molecule has 2 saturated heterocycles. The van der Waals surface area contributed by atoms with E-state index in [-0.39, 0.29) is 89.6 Å². The summed E-state index contributed by atoms with van der Waals surface area (Å²) in [5, 5.41) is 73.9. The molecule has 3 aliphatic rings. The van der Waals surface area contributed by atoms with Gasteiger partial charge < -0.3 is 112 Å². The number of benzene rings is 4. The molecule has 1 aliphatic carbocycles. The number of carbonyl (C=O) groups is 14. The number of hydrogen-bond acceptors (Lipinski definition) is 20. The van der Waals surface area contributed by atoms with Crippen molar-refractivity contribution in [2.75, 3.05) is 36.9 Å². The van der Waals surface area contributed by atoms with Crippen molar-refractivity contribution in [3.8, 4) is 0 Å².